The molecule has 0 aliphatic carbocycles. The molecule has 4 nitrogen and oxygen atoms in total. The zero-order valence-corrected chi connectivity index (χ0v) is 7.86. The molecule has 1 aromatic rings. The number of amides is 1. The molecule has 0 saturated carbocycles. The Bertz CT molecular complexity index is 333. The van der Waals surface area contributed by atoms with Crippen LogP contribution in [0, 0.1) is 0 Å². The molecule has 0 radical (unpaired) electrons. The molecule has 0 aliphatic heterocycles. The van der Waals surface area contributed by atoms with Crippen molar-refractivity contribution in [1.29, 1.82) is 0 Å². The summed E-state index contributed by atoms with van der Waals surface area (Å²) in [5.74, 6) is 4.67. The van der Waals surface area contributed by atoms with E-state index in [2.05, 4.69) is 5.43 Å². The zero-order chi connectivity index (χ0) is 10.4. The van der Waals surface area contributed by atoms with Crippen molar-refractivity contribution in [2.45, 2.75) is 0 Å². The van der Waals surface area contributed by atoms with E-state index in [9.17, 15) is 4.79 Å². The first-order chi connectivity index (χ1) is 6.79. The Morgan fingerprint density at radius 1 is 1.43 bits per heavy atom. The van der Waals surface area contributed by atoms with Gasteiger partial charge in [0.25, 0.3) is 5.91 Å². The van der Waals surface area contributed by atoms with Crippen molar-refractivity contribution in [3.05, 3.63) is 42.2 Å². The molecule has 4 heteroatoms. The number of benzene rings is 1. The van der Waals surface area contributed by atoms with Gasteiger partial charge in [-0.05, 0) is 5.56 Å². The fourth-order valence-electron chi connectivity index (χ4n) is 1.07. The van der Waals surface area contributed by atoms with Gasteiger partial charge in [0.05, 0.1) is 18.9 Å². The van der Waals surface area contributed by atoms with Crippen LogP contribution >= 0.6 is 0 Å². The summed E-state index contributed by atoms with van der Waals surface area (Å²) in [5, 5.41) is 0. The standard InChI is InChI=1S/C10H12N2O2/c1-14-7-9(10(13)12-11)8-5-3-2-4-6-8/h2-7H,11H2,1H3,(H,12,13). The number of hydrazine groups is 1. The number of ether oxygens (including phenoxy) is 1. The smallest absolute Gasteiger partial charge is 0.268 e. The molecule has 0 fully saturated rings. The lowest BCUT2D eigenvalue weighted by molar-refractivity contribution is -0.115. The number of hydrogen-bond donors (Lipinski definition) is 2. The van der Waals surface area contributed by atoms with Crippen LogP contribution < -0.4 is 11.3 Å². The van der Waals surface area contributed by atoms with Gasteiger partial charge in [-0.2, -0.15) is 0 Å². The van der Waals surface area contributed by atoms with E-state index in [1.54, 1.807) is 12.1 Å². The van der Waals surface area contributed by atoms with Gasteiger partial charge >= 0.3 is 0 Å². The van der Waals surface area contributed by atoms with Gasteiger partial charge < -0.3 is 4.74 Å². The molecule has 0 aromatic heterocycles. The number of carbonyl (C=O) groups is 1. The Labute approximate surface area is 82.3 Å². The summed E-state index contributed by atoms with van der Waals surface area (Å²) < 4.78 is 4.80. The summed E-state index contributed by atoms with van der Waals surface area (Å²) in [6, 6.07) is 9.15. The van der Waals surface area contributed by atoms with Gasteiger partial charge in [0.1, 0.15) is 0 Å². The fraction of sp³-hybridized carbons (Fsp3) is 0.100. The molecule has 3 N–H and O–H groups in total. The molecule has 1 amide bonds. The summed E-state index contributed by atoms with van der Waals surface area (Å²) in [5.41, 5.74) is 3.22. The predicted octanol–water partition coefficient (Wildman–Crippen LogP) is 0.664. The predicted molar refractivity (Wildman–Crippen MR) is 53.8 cm³/mol. The molecular formula is C10H12N2O2. The summed E-state index contributed by atoms with van der Waals surface area (Å²) in [6.45, 7) is 0. The molecule has 0 saturated heterocycles. The van der Waals surface area contributed by atoms with Crippen molar-refractivity contribution in [3.63, 3.8) is 0 Å². The molecular weight excluding hydrogens is 180 g/mol. The lowest BCUT2D eigenvalue weighted by Gasteiger charge is -2.04. The number of methoxy groups -OCH3 is 1. The topological polar surface area (TPSA) is 64.3 Å². The first-order valence-electron chi connectivity index (χ1n) is 4.09. The molecule has 0 spiro atoms. The van der Waals surface area contributed by atoms with E-state index in [1.165, 1.54) is 13.4 Å². The maximum atomic E-state index is 11.3. The van der Waals surface area contributed by atoms with E-state index in [4.69, 9.17) is 10.6 Å². The van der Waals surface area contributed by atoms with E-state index in [1.807, 2.05) is 18.2 Å². The SMILES string of the molecule is COC=C(C(=O)NN)c1ccccc1. The van der Waals surface area contributed by atoms with Crippen molar-refractivity contribution in [2.75, 3.05) is 7.11 Å². The molecule has 14 heavy (non-hydrogen) atoms. The second-order valence-corrected chi connectivity index (χ2v) is 2.61. The van der Waals surface area contributed by atoms with Gasteiger partial charge in [0, 0.05) is 0 Å². The van der Waals surface area contributed by atoms with Crippen molar-refractivity contribution in [3.8, 4) is 0 Å². The number of nitrogens with two attached hydrogens (primary N) is 1. The molecule has 0 heterocycles. The highest BCUT2D eigenvalue weighted by Crippen LogP contribution is 2.13. The number of nitrogens with one attached hydrogen (secondary N) is 1. The van der Waals surface area contributed by atoms with E-state index >= 15 is 0 Å². The summed E-state index contributed by atoms with van der Waals surface area (Å²) in [4.78, 5) is 11.3. The van der Waals surface area contributed by atoms with Crippen LogP contribution in [-0.4, -0.2) is 13.0 Å². The van der Waals surface area contributed by atoms with E-state index in [0.29, 0.717) is 5.57 Å². The maximum Gasteiger partial charge on any atom is 0.268 e. The van der Waals surface area contributed by atoms with Crippen LogP contribution in [0.2, 0.25) is 0 Å². The Morgan fingerprint density at radius 3 is 2.57 bits per heavy atom. The summed E-state index contributed by atoms with van der Waals surface area (Å²) in [6.07, 6.45) is 1.36. The van der Waals surface area contributed by atoms with Crippen LogP contribution in [0.3, 0.4) is 0 Å². The van der Waals surface area contributed by atoms with Crippen molar-refractivity contribution in [2.24, 2.45) is 5.84 Å². The highest BCUT2D eigenvalue weighted by molar-refractivity contribution is 6.18. The third-order valence-electron chi connectivity index (χ3n) is 1.70. The van der Waals surface area contributed by atoms with Gasteiger partial charge in [-0.3, -0.25) is 10.2 Å². The van der Waals surface area contributed by atoms with E-state index in [0.717, 1.165) is 5.56 Å². The average Bonchev–Trinajstić information content (AvgIpc) is 2.26. The van der Waals surface area contributed by atoms with Crippen LogP contribution in [0.4, 0.5) is 0 Å². The van der Waals surface area contributed by atoms with Crippen LogP contribution in [0.5, 0.6) is 0 Å². The van der Waals surface area contributed by atoms with Crippen LogP contribution in [-0.2, 0) is 9.53 Å². The second kappa shape index (κ2) is 5.04. The summed E-state index contributed by atoms with van der Waals surface area (Å²) >= 11 is 0. The van der Waals surface area contributed by atoms with Crippen molar-refractivity contribution >= 4 is 11.5 Å². The van der Waals surface area contributed by atoms with E-state index < -0.39 is 0 Å². The average molecular weight is 192 g/mol. The molecule has 1 rings (SSSR count). The number of rotatable bonds is 3. The first kappa shape index (κ1) is 10.3. The number of carbonyl (C=O) groups excluding carboxylic acids is 1. The maximum absolute atomic E-state index is 11.3. The fourth-order valence-corrected chi connectivity index (χ4v) is 1.07. The van der Waals surface area contributed by atoms with E-state index in [-0.39, 0.29) is 5.91 Å². The van der Waals surface area contributed by atoms with Crippen LogP contribution in [0.15, 0.2) is 36.6 Å². The number of hydrogen-bond acceptors (Lipinski definition) is 3. The summed E-state index contributed by atoms with van der Waals surface area (Å²) in [7, 11) is 1.48. The van der Waals surface area contributed by atoms with Gasteiger partial charge in [-0.1, -0.05) is 30.3 Å². The Hall–Kier alpha value is -1.81. The Kier molecular flexibility index (Phi) is 3.69. The lowest BCUT2D eigenvalue weighted by atomic mass is 10.1. The minimum atomic E-state index is -0.377. The normalized spacial score (nSPS) is 10.9. The second-order valence-electron chi connectivity index (χ2n) is 2.61. The third-order valence-corrected chi connectivity index (χ3v) is 1.70. The van der Waals surface area contributed by atoms with Crippen molar-refractivity contribution < 1.29 is 9.53 Å². The zero-order valence-electron chi connectivity index (χ0n) is 7.86. The lowest BCUT2D eigenvalue weighted by Crippen LogP contribution is -2.30. The van der Waals surface area contributed by atoms with Crippen LogP contribution in [0.1, 0.15) is 5.56 Å². The minimum absolute atomic E-state index is 0.377. The largest absolute Gasteiger partial charge is 0.504 e. The highest BCUT2D eigenvalue weighted by Gasteiger charge is 2.09. The van der Waals surface area contributed by atoms with Gasteiger partial charge in [0.15, 0.2) is 0 Å². The van der Waals surface area contributed by atoms with Gasteiger partial charge in [0.2, 0.25) is 0 Å². The first-order valence-corrected chi connectivity index (χ1v) is 4.09. The quantitative estimate of drug-likeness (QED) is 0.243. The van der Waals surface area contributed by atoms with Crippen LogP contribution in [0.25, 0.3) is 5.57 Å². The highest BCUT2D eigenvalue weighted by atomic mass is 16.5. The van der Waals surface area contributed by atoms with Crippen molar-refractivity contribution in [1.82, 2.24) is 5.43 Å². The Balaban J connectivity index is 3.02. The molecule has 0 aliphatic rings. The van der Waals surface area contributed by atoms with Gasteiger partial charge in [-0.15, -0.1) is 0 Å². The molecule has 0 atom stereocenters. The molecule has 74 valence electrons. The van der Waals surface area contributed by atoms with Gasteiger partial charge in [-0.25, -0.2) is 5.84 Å². The molecule has 0 bridgehead atoms. The third kappa shape index (κ3) is 2.34. The molecule has 0 unspecified atom stereocenters. The Morgan fingerprint density at radius 2 is 2.07 bits per heavy atom. The molecule has 1 aromatic carbocycles. The minimum Gasteiger partial charge on any atom is -0.504 e. The monoisotopic (exact) mass is 192 g/mol.